The summed E-state index contributed by atoms with van der Waals surface area (Å²) < 4.78 is 5.83. The molecule has 3 N–H and O–H groups in total. The van der Waals surface area contributed by atoms with Crippen LogP contribution in [0.25, 0.3) is 0 Å². The van der Waals surface area contributed by atoms with Crippen LogP contribution in [0.2, 0.25) is 0 Å². The van der Waals surface area contributed by atoms with Gasteiger partial charge in [0.1, 0.15) is 5.75 Å². The van der Waals surface area contributed by atoms with Crippen LogP contribution in [-0.2, 0) is 11.2 Å². The number of fused-ring (bicyclic) bond motifs is 1. The van der Waals surface area contributed by atoms with Gasteiger partial charge >= 0.3 is 0 Å². The lowest BCUT2D eigenvalue weighted by atomic mass is 10.1. The third-order valence-corrected chi connectivity index (χ3v) is 3.68. The molecule has 1 heterocycles. The summed E-state index contributed by atoms with van der Waals surface area (Å²) >= 11 is 0. The average molecular weight is 282 g/mol. The van der Waals surface area contributed by atoms with Crippen LogP contribution in [0.5, 0.6) is 5.75 Å². The van der Waals surface area contributed by atoms with E-state index in [2.05, 4.69) is 5.32 Å². The Kier molecular flexibility index (Phi) is 3.52. The van der Waals surface area contributed by atoms with Gasteiger partial charge in [0.15, 0.2) is 6.10 Å². The lowest BCUT2D eigenvalue weighted by Crippen LogP contribution is -2.32. The first-order chi connectivity index (χ1) is 10.1. The highest BCUT2D eigenvalue weighted by molar-refractivity contribution is 5.95. The molecule has 0 saturated heterocycles. The Morgan fingerprint density at radius 2 is 2.05 bits per heavy atom. The number of benzene rings is 2. The normalized spacial score (nSPS) is 17.6. The monoisotopic (exact) mass is 282 g/mol. The van der Waals surface area contributed by atoms with Crippen molar-refractivity contribution in [3.8, 4) is 5.75 Å². The largest absolute Gasteiger partial charge is 0.478 e. The number of ether oxygens (including phenoxy) is 1. The molecule has 4 heteroatoms. The number of para-hydroxylation sites is 1. The zero-order chi connectivity index (χ0) is 14.8. The summed E-state index contributed by atoms with van der Waals surface area (Å²) in [5.41, 5.74) is 9.58. The third kappa shape index (κ3) is 2.84. The highest BCUT2D eigenvalue weighted by Gasteiger charge is 2.25. The molecule has 3 rings (SSSR count). The van der Waals surface area contributed by atoms with Crippen LogP contribution in [0, 0.1) is 6.92 Å². The van der Waals surface area contributed by atoms with Crippen molar-refractivity contribution >= 4 is 17.3 Å². The van der Waals surface area contributed by atoms with Crippen molar-refractivity contribution in [2.45, 2.75) is 25.9 Å². The van der Waals surface area contributed by atoms with Crippen molar-refractivity contribution < 1.29 is 9.53 Å². The van der Waals surface area contributed by atoms with Crippen molar-refractivity contribution in [1.29, 1.82) is 0 Å². The van der Waals surface area contributed by atoms with E-state index in [9.17, 15) is 4.79 Å². The van der Waals surface area contributed by atoms with E-state index in [4.69, 9.17) is 10.5 Å². The van der Waals surface area contributed by atoms with E-state index in [1.807, 2.05) is 49.4 Å². The van der Waals surface area contributed by atoms with Gasteiger partial charge in [0, 0.05) is 5.69 Å². The molecule has 0 spiro atoms. The van der Waals surface area contributed by atoms with Crippen molar-refractivity contribution in [2.24, 2.45) is 0 Å². The maximum atomic E-state index is 12.3. The standard InChI is InChI=1S/C17H18N2O2/c1-11-6-8-15(13(18)10-11)21-16-9-7-12-4-2-3-5-14(12)19-17(16)20/h2-6,8,10,16H,7,9,18H2,1H3,(H,19,20). The molecule has 4 nitrogen and oxygen atoms in total. The molecule has 21 heavy (non-hydrogen) atoms. The zero-order valence-electron chi connectivity index (χ0n) is 11.9. The summed E-state index contributed by atoms with van der Waals surface area (Å²) in [7, 11) is 0. The number of nitrogen functional groups attached to an aromatic ring is 1. The molecule has 0 aliphatic carbocycles. The highest BCUT2D eigenvalue weighted by atomic mass is 16.5. The zero-order valence-corrected chi connectivity index (χ0v) is 11.9. The molecule has 1 atom stereocenters. The number of hydrogen-bond acceptors (Lipinski definition) is 3. The maximum absolute atomic E-state index is 12.3. The smallest absolute Gasteiger partial charge is 0.265 e. The van der Waals surface area contributed by atoms with Crippen LogP contribution < -0.4 is 15.8 Å². The molecular weight excluding hydrogens is 264 g/mol. The number of hydrogen-bond donors (Lipinski definition) is 2. The Morgan fingerprint density at radius 3 is 2.86 bits per heavy atom. The lowest BCUT2D eigenvalue weighted by Gasteiger charge is -2.17. The molecule has 0 saturated carbocycles. The molecule has 1 aliphatic rings. The van der Waals surface area contributed by atoms with Crippen molar-refractivity contribution in [1.82, 2.24) is 0 Å². The summed E-state index contributed by atoms with van der Waals surface area (Å²) in [4.78, 5) is 12.3. The van der Waals surface area contributed by atoms with Crippen molar-refractivity contribution in [3.05, 3.63) is 53.6 Å². The van der Waals surface area contributed by atoms with Gasteiger partial charge in [0.25, 0.3) is 5.91 Å². The van der Waals surface area contributed by atoms with Crippen LogP contribution in [0.4, 0.5) is 11.4 Å². The van der Waals surface area contributed by atoms with Crippen molar-refractivity contribution in [2.75, 3.05) is 11.1 Å². The second kappa shape index (κ2) is 5.48. The Bertz CT molecular complexity index is 682. The van der Waals surface area contributed by atoms with E-state index < -0.39 is 6.10 Å². The molecule has 2 aromatic carbocycles. The number of carbonyl (C=O) groups excluding carboxylic acids is 1. The molecule has 108 valence electrons. The summed E-state index contributed by atoms with van der Waals surface area (Å²) in [5.74, 6) is 0.437. The van der Waals surface area contributed by atoms with Gasteiger partial charge < -0.3 is 15.8 Å². The minimum atomic E-state index is -0.526. The number of anilines is 2. The predicted molar refractivity (Wildman–Crippen MR) is 83.4 cm³/mol. The Balaban J connectivity index is 1.80. The van der Waals surface area contributed by atoms with Crippen LogP contribution >= 0.6 is 0 Å². The van der Waals surface area contributed by atoms with Gasteiger partial charge in [-0.1, -0.05) is 24.3 Å². The molecule has 2 aromatic rings. The molecule has 0 bridgehead atoms. The topological polar surface area (TPSA) is 64.3 Å². The quantitative estimate of drug-likeness (QED) is 0.832. The molecule has 0 aromatic heterocycles. The predicted octanol–water partition coefficient (Wildman–Crippen LogP) is 2.91. The maximum Gasteiger partial charge on any atom is 0.265 e. The molecule has 1 unspecified atom stereocenters. The summed E-state index contributed by atoms with van der Waals surface area (Å²) in [6, 6.07) is 13.4. The fourth-order valence-corrected chi connectivity index (χ4v) is 2.53. The summed E-state index contributed by atoms with van der Waals surface area (Å²) in [6.07, 6.45) is 0.907. The van der Waals surface area contributed by atoms with Crippen LogP contribution in [0.3, 0.4) is 0 Å². The number of carbonyl (C=O) groups is 1. The molecule has 1 aliphatic heterocycles. The number of rotatable bonds is 2. The minimum Gasteiger partial charge on any atom is -0.478 e. The minimum absolute atomic E-state index is 0.125. The molecule has 0 radical (unpaired) electrons. The Morgan fingerprint density at radius 1 is 1.24 bits per heavy atom. The van der Waals surface area contributed by atoms with E-state index in [-0.39, 0.29) is 5.91 Å². The van der Waals surface area contributed by atoms with Gasteiger partial charge in [-0.2, -0.15) is 0 Å². The van der Waals surface area contributed by atoms with Gasteiger partial charge in [-0.05, 0) is 49.1 Å². The van der Waals surface area contributed by atoms with Gasteiger partial charge in [-0.15, -0.1) is 0 Å². The van der Waals surface area contributed by atoms with E-state index in [0.29, 0.717) is 17.9 Å². The van der Waals surface area contributed by atoms with E-state index in [1.165, 1.54) is 0 Å². The third-order valence-electron chi connectivity index (χ3n) is 3.68. The summed E-state index contributed by atoms with van der Waals surface area (Å²) in [5, 5.41) is 2.92. The van der Waals surface area contributed by atoms with Crippen LogP contribution in [-0.4, -0.2) is 12.0 Å². The second-order valence-corrected chi connectivity index (χ2v) is 5.33. The number of aryl methyl sites for hydroxylation is 2. The summed E-state index contributed by atoms with van der Waals surface area (Å²) in [6.45, 7) is 1.97. The lowest BCUT2D eigenvalue weighted by molar-refractivity contribution is -0.122. The SMILES string of the molecule is Cc1ccc(OC2CCc3ccccc3NC2=O)c(N)c1. The first-order valence-corrected chi connectivity index (χ1v) is 7.05. The average Bonchev–Trinajstić information content (AvgIpc) is 2.61. The number of amides is 1. The van der Waals surface area contributed by atoms with Gasteiger partial charge in [-0.25, -0.2) is 0 Å². The highest BCUT2D eigenvalue weighted by Crippen LogP contribution is 2.27. The van der Waals surface area contributed by atoms with Gasteiger partial charge in [-0.3, -0.25) is 4.79 Å². The Labute approximate surface area is 123 Å². The number of nitrogens with one attached hydrogen (secondary N) is 1. The molecule has 1 amide bonds. The molecular formula is C17H18N2O2. The number of nitrogens with two attached hydrogens (primary N) is 1. The van der Waals surface area contributed by atoms with E-state index in [1.54, 1.807) is 0 Å². The van der Waals surface area contributed by atoms with Crippen LogP contribution in [0.1, 0.15) is 17.5 Å². The van der Waals surface area contributed by atoms with Crippen molar-refractivity contribution in [3.63, 3.8) is 0 Å². The Hall–Kier alpha value is -2.49. The fraction of sp³-hybridized carbons (Fsp3) is 0.235. The first kappa shape index (κ1) is 13.5. The second-order valence-electron chi connectivity index (χ2n) is 5.33. The van der Waals surface area contributed by atoms with Gasteiger partial charge in [0.05, 0.1) is 5.69 Å². The van der Waals surface area contributed by atoms with E-state index in [0.717, 1.165) is 23.2 Å². The van der Waals surface area contributed by atoms with Crippen LogP contribution in [0.15, 0.2) is 42.5 Å². The van der Waals surface area contributed by atoms with E-state index >= 15 is 0 Å². The first-order valence-electron chi connectivity index (χ1n) is 7.05. The van der Waals surface area contributed by atoms with Gasteiger partial charge in [0.2, 0.25) is 0 Å². The fourth-order valence-electron chi connectivity index (χ4n) is 2.53. The molecule has 0 fully saturated rings.